The Labute approximate surface area is 209 Å². The zero-order valence-corrected chi connectivity index (χ0v) is 22.5. The molecule has 2 rings (SSSR count). The molecule has 0 unspecified atom stereocenters. The molecule has 6 nitrogen and oxygen atoms in total. The third-order valence-electron chi connectivity index (χ3n) is 5.16. The Morgan fingerprint density at radius 2 is 1.31 bits per heavy atom. The Kier molecular flexibility index (Phi) is 11.9. The van der Waals surface area contributed by atoms with Gasteiger partial charge < -0.3 is 0 Å². The molecule has 0 aliphatic carbocycles. The SMILES string of the molecule is CCCCN(CCCC)C(On1nnc2ccccc21)=[N+](CCCC)CCCC.F[P-](F)(F)(F)(F)F. The summed E-state index contributed by atoms with van der Waals surface area (Å²) >= 11 is 0. The Bertz CT molecular complexity index is 920. The molecule has 36 heavy (non-hydrogen) atoms. The average molecular weight is 548 g/mol. The van der Waals surface area contributed by atoms with E-state index in [1.807, 2.05) is 24.3 Å². The summed E-state index contributed by atoms with van der Waals surface area (Å²) < 4.78 is 61.6. The second kappa shape index (κ2) is 13.4. The van der Waals surface area contributed by atoms with E-state index < -0.39 is 7.81 Å². The Hall–Kier alpha value is -2.10. The van der Waals surface area contributed by atoms with Gasteiger partial charge in [0.1, 0.15) is 11.0 Å². The normalized spacial score (nSPS) is 13.4. The fourth-order valence-electron chi connectivity index (χ4n) is 3.31. The summed E-state index contributed by atoms with van der Waals surface area (Å²) in [6, 6.07) is 8.90. The number of para-hydroxylation sites is 1. The molecule has 0 radical (unpaired) electrons. The zero-order valence-electron chi connectivity index (χ0n) is 21.7. The van der Waals surface area contributed by atoms with Crippen LogP contribution in [0.1, 0.15) is 79.1 Å². The first kappa shape index (κ1) is 31.9. The van der Waals surface area contributed by atoms with Crippen LogP contribution in [0.15, 0.2) is 24.3 Å². The first-order valence-electron chi connectivity index (χ1n) is 12.6. The van der Waals surface area contributed by atoms with Gasteiger partial charge in [-0.15, -0.1) is 5.10 Å². The number of hydrogen-bond acceptors (Lipinski definition) is 3. The molecule has 0 saturated heterocycles. The summed E-state index contributed by atoms with van der Waals surface area (Å²) in [5, 5.41) is 8.57. The third-order valence-corrected chi connectivity index (χ3v) is 5.16. The van der Waals surface area contributed by atoms with Gasteiger partial charge in [-0.2, -0.15) is 0 Å². The molecule has 0 N–H and O–H groups in total. The van der Waals surface area contributed by atoms with Crippen LogP contribution in [0.3, 0.4) is 0 Å². The molecule has 0 spiro atoms. The van der Waals surface area contributed by atoms with Crippen molar-refractivity contribution in [2.75, 3.05) is 26.2 Å². The van der Waals surface area contributed by atoms with E-state index in [2.05, 4.69) is 47.5 Å². The van der Waals surface area contributed by atoms with Gasteiger partial charge in [0, 0.05) is 0 Å². The van der Waals surface area contributed by atoms with E-state index in [4.69, 9.17) is 4.84 Å². The number of unbranched alkanes of at least 4 members (excludes halogenated alkanes) is 4. The van der Waals surface area contributed by atoms with E-state index >= 15 is 0 Å². The van der Waals surface area contributed by atoms with Gasteiger partial charge in [0.25, 0.3) is 0 Å². The van der Waals surface area contributed by atoms with Crippen LogP contribution in [0.4, 0.5) is 25.2 Å². The van der Waals surface area contributed by atoms with Gasteiger partial charge in [0.05, 0.1) is 26.2 Å². The van der Waals surface area contributed by atoms with Crippen molar-refractivity contribution in [1.29, 1.82) is 0 Å². The molecule has 1 heterocycles. The van der Waals surface area contributed by atoms with E-state index in [0.717, 1.165) is 68.9 Å². The van der Waals surface area contributed by atoms with Crippen LogP contribution in [0.25, 0.3) is 11.0 Å². The topological polar surface area (TPSA) is 46.2 Å². The van der Waals surface area contributed by atoms with Gasteiger partial charge in [-0.05, 0) is 43.0 Å². The summed E-state index contributed by atoms with van der Waals surface area (Å²) in [6.45, 7) is 13.0. The molecule has 0 aliphatic rings. The van der Waals surface area contributed by atoms with Crippen molar-refractivity contribution in [1.82, 2.24) is 20.1 Å². The fourth-order valence-corrected chi connectivity index (χ4v) is 3.31. The predicted molar refractivity (Wildman–Crippen MR) is 134 cm³/mol. The number of amidine groups is 1. The number of nitrogens with zero attached hydrogens (tertiary/aromatic N) is 5. The Morgan fingerprint density at radius 3 is 1.78 bits per heavy atom. The summed E-state index contributed by atoms with van der Waals surface area (Å²) in [5.74, 6) is 0. The molecule has 1 aromatic carbocycles. The van der Waals surface area contributed by atoms with Crippen LogP contribution >= 0.6 is 7.81 Å². The quantitative estimate of drug-likeness (QED) is 0.0836. The minimum absolute atomic E-state index is 0.856. The molecule has 0 bridgehead atoms. The van der Waals surface area contributed by atoms with Crippen molar-refractivity contribution in [3.8, 4) is 0 Å². The molecule has 210 valence electrons. The van der Waals surface area contributed by atoms with Crippen molar-refractivity contribution >= 4 is 24.9 Å². The monoisotopic (exact) mass is 547 g/mol. The van der Waals surface area contributed by atoms with Crippen molar-refractivity contribution in [2.24, 2.45) is 0 Å². The first-order chi connectivity index (χ1) is 16.7. The number of benzene rings is 1. The van der Waals surface area contributed by atoms with Gasteiger partial charge in [-0.1, -0.05) is 70.4 Å². The second-order valence-electron chi connectivity index (χ2n) is 8.67. The molecule has 1 aromatic heterocycles. The van der Waals surface area contributed by atoms with Gasteiger partial charge in [0.15, 0.2) is 0 Å². The molecule has 13 heteroatoms. The average Bonchev–Trinajstić information content (AvgIpc) is 3.19. The molecule has 0 atom stereocenters. The summed E-state index contributed by atoms with van der Waals surface area (Å²) in [5.41, 5.74) is 1.76. The van der Waals surface area contributed by atoms with Crippen LogP contribution < -0.4 is 4.84 Å². The number of aromatic nitrogens is 3. The van der Waals surface area contributed by atoms with Gasteiger partial charge in [-0.3, -0.25) is 4.84 Å². The van der Waals surface area contributed by atoms with Crippen LogP contribution in [0.2, 0.25) is 0 Å². The minimum atomic E-state index is -10.7. The number of hydrogen-bond donors (Lipinski definition) is 0. The van der Waals surface area contributed by atoms with E-state index in [9.17, 15) is 25.2 Å². The Balaban J connectivity index is 0.000000809. The molecule has 0 fully saturated rings. The van der Waals surface area contributed by atoms with Crippen LogP contribution in [-0.2, 0) is 0 Å². The van der Waals surface area contributed by atoms with Crippen molar-refractivity contribution in [3.05, 3.63) is 24.3 Å². The Morgan fingerprint density at radius 1 is 0.833 bits per heavy atom. The van der Waals surface area contributed by atoms with Crippen molar-refractivity contribution in [2.45, 2.75) is 79.1 Å². The van der Waals surface area contributed by atoms with Gasteiger partial charge in [-0.25, -0.2) is 9.48 Å². The van der Waals surface area contributed by atoms with Crippen molar-refractivity contribution in [3.63, 3.8) is 0 Å². The zero-order chi connectivity index (χ0) is 27.3. The molecule has 0 aliphatic heterocycles. The van der Waals surface area contributed by atoms with E-state index in [1.165, 1.54) is 25.7 Å². The molecular weight excluding hydrogens is 507 g/mol. The number of rotatable bonds is 13. The number of halogens is 6. The maximum atomic E-state index is 9.87. The van der Waals surface area contributed by atoms with Crippen LogP contribution in [-0.4, -0.2) is 56.8 Å². The molecule has 0 amide bonds. The van der Waals surface area contributed by atoms with Gasteiger partial charge >= 0.3 is 39.0 Å². The summed E-state index contributed by atoms with van der Waals surface area (Å²) in [4.78, 5) is 10.5. The predicted octanol–water partition coefficient (Wildman–Crippen LogP) is 8.11. The van der Waals surface area contributed by atoms with Gasteiger partial charge in [0.2, 0.25) is 0 Å². The maximum absolute atomic E-state index is 10.7. The third kappa shape index (κ3) is 14.5. The molecule has 2 aromatic rings. The summed E-state index contributed by atoms with van der Waals surface area (Å²) in [7, 11) is -10.7. The standard InChI is InChI=1S/C23H40N5O.F6P/c1-5-9-17-26(18-10-6-2)23(27(19-11-7-3)20-12-8-4)29-28-22-16-14-13-15-21(22)24-25-28;1-7(2,3,4,5)6/h13-16H,5-12,17-20H2,1-4H3;/q+1;-1. The number of fused-ring (bicyclic) bond motifs is 1. The van der Waals surface area contributed by atoms with Crippen molar-refractivity contribution < 1.29 is 34.6 Å². The van der Waals surface area contributed by atoms with Crippen LogP contribution in [0.5, 0.6) is 0 Å². The first-order valence-corrected chi connectivity index (χ1v) is 14.6. The van der Waals surface area contributed by atoms with E-state index in [0.29, 0.717) is 0 Å². The molecular formula is C23H40F6N5OP. The van der Waals surface area contributed by atoms with E-state index in [-0.39, 0.29) is 0 Å². The fraction of sp³-hybridized carbons (Fsp3) is 0.696. The van der Waals surface area contributed by atoms with Crippen LogP contribution in [0, 0.1) is 0 Å². The van der Waals surface area contributed by atoms with E-state index in [1.54, 1.807) is 4.85 Å². The molecule has 0 saturated carbocycles. The summed E-state index contributed by atoms with van der Waals surface area (Å²) in [6.07, 6.45) is 9.32. The second-order valence-corrected chi connectivity index (χ2v) is 10.6.